The van der Waals surface area contributed by atoms with E-state index in [0.717, 1.165) is 0 Å². The van der Waals surface area contributed by atoms with Crippen LogP contribution in [0.3, 0.4) is 0 Å². The standard InChI is InChI=1S/C11H8FNO2S/c12-8-1-3-9(4-2-8)15-7-10(14)11-13-5-6-16-11/h1-6H,7H2. The molecule has 5 heteroatoms. The summed E-state index contributed by atoms with van der Waals surface area (Å²) in [6, 6.07) is 5.52. The van der Waals surface area contributed by atoms with Crippen molar-refractivity contribution in [3.63, 3.8) is 0 Å². The molecule has 2 aromatic rings. The lowest BCUT2D eigenvalue weighted by molar-refractivity contribution is 0.0921. The number of rotatable bonds is 4. The van der Waals surface area contributed by atoms with E-state index >= 15 is 0 Å². The normalized spacial score (nSPS) is 10.1. The summed E-state index contributed by atoms with van der Waals surface area (Å²) >= 11 is 1.27. The van der Waals surface area contributed by atoms with Gasteiger partial charge in [0.15, 0.2) is 11.6 Å². The van der Waals surface area contributed by atoms with E-state index in [-0.39, 0.29) is 18.2 Å². The van der Waals surface area contributed by atoms with Crippen molar-refractivity contribution in [2.24, 2.45) is 0 Å². The van der Waals surface area contributed by atoms with Crippen LogP contribution in [0.4, 0.5) is 4.39 Å². The Morgan fingerprint density at radius 1 is 1.38 bits per heavy atom. The molecule has 2 rings (SSSR count). The third-order valence-electron chi connectivity index (χ3n) is 1.85. The van der Waals surface area contributed by atoms with Gasteiger partial charge in [0.05, 0.1) is 0 Å². The molecule has 0 aliphatic heterocycles. The molecule has 0 N–H and O–H groups in total. The van der Waals surface area contributed by atoms with Gasteiger partial charge in [0.1, 0.15) is 11.6 Å². The monoisotopic (exact) mass is 237 g/mol. The molecular formula is C11H8FNO2S. The van der Waals surface area contributed by atoms with Crippen molar-refractivity contribution in [3.05, 3.63) is 46.7 Å². The maximum absolute atomic E-state index is 12.6. The lowest BCUT2D eigenvalue weighted by Crippen LogP contribution is -2.11. The van der Waals surface area contributed by atoms with Crippen LogP contribution in [0.15, 0.2) is 35.8 Å². The highest BCUT2D eigenvalue weighted by molar-refractivity contribution is 7.11. The van der Waals surface area contributed by atoms with E-state index in [1.54, 1.807) is 11.6 Å². The molecule has 0 fully saturated rings. The summed E-state index contributed by atoms with van der Waals surface area (Å²) in [5.41, 5.74) is 0. The summed E-state index contributed by atoms with van der Waals surface area (Å²) in [4.78, 5) is 15.4. The highest BCUT2D eigenvalue weighted by Gasteiger charge is 2.09. The molecule has 0 bridgehead atoms. The first-order chi connectivity index (χ1) is 7.75. The van der Waals surface area contributed by atoms with E-state index in [4.69, 9.17) is 4.74 Å². The molecule has 82 valence electrons. The first-order valence-corrected chi connectivity index (χ1v) is 5.45. The summed E-state index contributed by atoms with van der Waals surface area (Å²) in [5.74, 6) is -0.0516. The molecule has 3 nitrogen and oxygen atoms in total. The zero-order valence-electron chi connectivity index (χ0n) is 8.22. The van der Waals surface area contributed by atoms with Crippen molar-refractivity contribution in [2.45, 2.75) is 0 Å². The Kier molecular flexibility index (Phi) is 3.26. The topological polar surface area (TPSA) is 39.2 Å². The minimum Gasteiger partial charge on any atom is -0.485 e. The van der Waals surface area contributed by atoms with Crippen molar-refractivity contribution >= 4 is 17.1 Å². The van der Waals surface area contributed by atoms with Crippen LogP contribution in [0.25, 0.3) is 0 Å². The van der Waals surface area contributed by atoms with E-state index in [0.29, 0.717) is 10.8 Å². The second-order valence-corrected chi connectivity index (χ2v) is 3.90. The van der Waals surface area contributed by atoms with Gasteiger partial charge in [-0.1, -0.05) is 0 Å². The van der Waals surface area contributed by atoms with Crippen LogP contribution >= 0.6 is 11.3 Å². The Bertz CT molecular complexity index is 467. The maximum Gasteiger partial charge on any atom is 0.228 e. The fourth-order valence-electron chi connectivity index (χ4n) is 1.10. The van der Waals surface area contributed by atoms with Crippen LogP contribution in [0.2, 0.25) is 0 Å². The minimum absolute atomic E-state index is 0.0842. The molecule has 0 saturated carbocycles. The molecule has 0 saturated heterocycles. The molecule has 0 aliphatic rings. The largest absolute Gasteiger partial charge is 0.485 e. The summed E-state index contributed by atoms with van der Waals surface area (Å²) in [6.45, 7) is -0.0842. The molecule has 16 heavy (non-hydrogen) atoms. The van der Waals surface area contributed by atoms with Gasteiger partial charge in [-0.2, -0.15) is 0 Å². The maximum atomic E-state index is 12.6. The van der Waals surface area contributed by atoms with Crippen LogP contribution in [-0.4, -0.2) is 17.4 Å². The molecule has 1 aromatic heterocycles. The quantitative estimate of drug-likeness (QED) is 0.767. The number of hydrogen-bond donors (Lipinski definition) is 0. The van der Waals surface area contributed by atoms with Crippen molar-refractivity contribution in [3.8, 4) is 5.75 Å². The zero-order chi connectivity index (χ0) is 11.4. The van der Waals surface area contributed by atoms with Gasteiger partial charge < -0.3 is 4.74 Å². The fraction of sp³-hybridized carbons (Fsp3) is 0.0909. The smallest absolute Gasteiger partial charge is 0.228 e. The van der Waals surface area contributed by atoms with E-state index in [1.807, 2.05) is 0 Å². The fourth-order valence-corrected chi connectivity index (χ4v) is 1.67. The van der Waals surface area contributed by atoms with Gasteiger partial charge in [0, 0.05) is 11.6 Å². The number of carbonyl (C=O) groups is 1. The molecule has 0 spiro atoms. The Balaban J connectivity index is 1.93. The molecular weight excluding hydrogens is 229 g/mol. The molecule has 0 amide bonds. The number of ketones is 1. The number of ether oxygens (including phenoxy) is 1. The zero-order valence-corrected chi connectivity index (χ0v) is 9.04. The van der Waals surface area contributed by atoms with E-state index in [9.17, 15) is 9.18 Å². The number of Topliss-reactive ketones (excluding diaryl/α,β-unsaturated/α-hetero) is 1. The van der Waals surface area contributed by atoms with E-state index in [2.05, 4.69) is 4.98 Å². The number of aromatic nitrogens is 1. The predicted octanol–water partition coefficient (Wildman–Crippen LogP) is 2.54. The Labute approximate surface area is 95.5 Å². The minimum atomic E-state index is -0.335. The Hall–Kier alpha value is -1.75. The number of benzene rings is 1. The lowest BCUT2D eigenvalue weighted by atomic mass is 10.3. The Morgan fingerprint density at radius 3 is 2.75 bits per heavy atom. The molecule has 1 aromatic carbocycles. The lowest BCUT2D eigenvalue weighted by Gasteiger charge is -2.03. The second kappa shape index (κ2) is 4.85. The first kappa shape index (κ1) is 10.8. The highest BCUT2D eigenvalue weighted by atomic mass is 32.1. The van der Waals surface area contributed by atoms with Crippen LogP contribution in [0.1, 0.15) is 9.80 Å². The van der Waals surface area contributed by atoms with Crippen molar-refractivity contribution in [1.29, 1.82) is 0 Å². The molecule has 0 unspecified atom stereocenters. The highest BCUT2D eigenvalue weighted by Crippen LogP contribution is 2.12. The summed E-state index contributed by atoms with van der Waals surface area (Å²) in [5, 5.41) is 2.15. The van der Waals surface area contributed by atoms with Gasteiger partial charge >= 0.3 is 0 Å². The number of carbonyl (C=O) groups excluding carboxylic acids is 1. The van der Waals surface area contributed by atoms with Crippen molar-refractivity contribution in [1.82, 2.24) is 4.98 Å². The number of halogens is 1. The van der Waals surface area contributed by atoms with Gasteiger partial charge in [0.25, 0.3) is 0 Å². The molecule has 0 atom stereocenters. The average molecular weight is 237 g/mol. The first-order valence-electron chi connectivity index (χ1n) is 4.57. The van der Waals surface area contributed by atoms with Crippen LogP contribution in [0.5, 0.6) is 5.75 Å². The van der Waals surface area contributed by atoms with Crippen LogP contribution in [-0.2, 0) is 0 Å². The summed E-state index contributed by atoms with van der Waals surface area (Å²) in [6.07, 6.45) is 1.57. The number of nitrogens with zero attached hydrogens (tertiary/aromatic N) is 1. The van der Waals surface area contributed by atoms with E-state index in [1.165, 1.54) is 35.6 Å². The Morgan fingerprint density at radius 2 is 2.12 bits per heavy atom. The SMILES string of the molecule is O=C(COc1ccc(F)cc1)c1nccs1. The van der Waals surface area contributed by atoms with Gasteiger partial charge in [0.2, 0.25) is 5.78 Å². The van der Waals surface area contributed by atoms with Gasteiger partial charge in [-0.05, 0) is 24.3 Å². The summed E-state index contributed by atoms with van der Waals surface area (Å²) < 4.78 is 17.8. The number of hydrogen-bond acceptors (Lipinski definition) is 4. The van der Waals surface area contributed by atoms with Gasteiger partial charge in [-0.15, -0.1) is 11.3 Å². The van der Waals surface area contributed by atoms with Crippen molar-refractivity contribution < 1.29 is 13.9 Å². The third kappa shape index (κ3) is 2.64. The molecule has 0 radical (unpaired) electrons. The van der Waals surface area contributed by atoms with Crippen LogP contribution < -0.4 is 4.74 Å². The average Bonchev–Trinajstić information content (AvgIpc) is 2.81. The third-order valence-corrected chi connectivity index (χ3v) is 2.67. The van der Waals surface area contributed by atoms with E-state index < -0.39 is 0 Å². The second-order valence-electron chi connectivity index (χ2n) is 3.00. The molecule has 1 heterocycles. The summed E-state index contributed by atoms with van der Waals surface area (Å²) in [7, 11) is 0. The van der Waals surface area contributed by atoms with Gasteiger partial charge in [-0.3, -0.25) is 4.79 Å². The predicted molar refractivity (Wildman–Crippen MR) is 58.3 cm³/mol. The van der Waals surface area contributed by atoms with Crippen molar-refractivity contribution in [2.75, 3.05) is 6.61 Å². The van der Waals surface area contributed by atoms with Crippen LogP contribution in [0, 0.1) is 5.82 Å². The van der Waals surface area contributed by atoms with Gasteiger partial charge in [-0.25, -0.2) is 9.37 Å². The molecule has 0 aliphatic carbocycles. The number of thiazole rings is 1.